The van der Waals surface area contributed by atoms with Gasteiger partial charge < -0.3 is 5.32 Å². The SMILES string of the molecule is Cc1cccc(S(=O)(=O)Nc2ccc(Nc3c(C)cccc3C(C)C)nc2)c1. The number of pyridine rings is 1. The first-order valence-corrected chi connectivity index (χ1v) is 10.7. The molecule has 0 bridgehead atoms. The highest BCUT2D eigenvalue weighted by Gasteiger charge is 2.15. The van der Waals surface area contributed by atoms with E-state index in [1.54, 1.807) is 30.3 Å². The molecular formula is C22H25N3O2S. The Morgan fingerprint density at radius 3 is 2.36 bits per heavy atom. The maximum absolute atomic E-state index is 12.5. The second-order valence-corrected chi connectivity index (χ2v) is 8.86. The van der Waals surface area contributed by atoms with Crippen LogP contribution in [-0.4, -0.2) is 13.4 Å². The van der Waals surface area contributed by atoms with Crippen LogP contribution in [0.2, 0.25) is 0 Å². The molecule has 2 N–H and O–H groups in total. The van der Waals surface area contributed by atoms with E-state index in [1.165, 1.54) is 11.8 Å². The van der Waals surface area contributed by atoms with Gasteiger partial charge in [-0.25, -0.2) is 13.4 Å². The first kappa shape index (κ1) is 19.9. The number of nitrogens with zero attached hydrogens (tertiary/aromatic N) is 1. The van der Waals surface area contributed by atoms with Crippen LogP contribution in [0.25, 0.3) is 0 Å². The fourth-order valence-corrected chi connectivity index (χ4v) is 4.14. The van der Waals surface area contributed by atoms with Gasteiger partial charge in [-0.15, -0.1) is 0 Å². The van der Waals surface area contributed by atoms with Crippen LogP contribution < -0.4 is 10.0 Å². The normalized spacial score (nSPS) is 11.5. The van der Waals surface area contributed by atoms with Crippen LogP contribution in [0, 0.1) is 13.8 Å². The van der Waals surface area contributed by atoms with Gasteiger partial charge in [-0.2, -0.15) is 0 Å². The zero-order chi connectivity index (χ0) is 20.3. The van der Waals surface area contributed by atoms with Crippen molar-refractivity contribution in [3.8, 4) is 0 Å². The number of hydrogen-bond acceptors (Lipinski definition) is 4. The summed E-state index contributed by atoms with van der Waals surface area (Å²) in [6.45, 7) is 8.21. The summed E-state index contributed by atoms with van der Waals surface area (Å²) in [5.74, 6) is 1.04. The molecule has 5 nitrogen and oxygen atoms in total. The second kappa shape index (κ2) is 8.02. The summed E-state index contributed by atoms with van der Waals surface area (Å²) >= 11 is 0. The van der Waals surface area contributed by atoms with E-state index in [4.69, 9.17) is 0 Å². The molecule has 3 rings (SSSR count). The van der Waals surface area contributed by atoms with E-state index >= 15 is 0 Å². The van der Waals surface area contributed by atoms with Gasteiger partial charge in [0.05, 0.1) is 16.8 Å². The average molecular weight is 396 g/mol. The molecular weight excluding hydrogens is 370 g/mol. The fourth-order valence-electron chi connectivity index (χ4n) is 3.00. The fraction of sp³-hybridized carbons (Fsp3) is 0.227. The zero-order valence-electron chi connectivity index (χ0n) is 16.5. The maximum Gasteiger partial charge on any atom is 0.261 e. The highest BCUT2D eigenvalue weighted by molar-refractivity contribution is 7.92. The molecule has 146 valence electrons. The molecule has 1 heterocycles. The van der Waals surface area contributed by atoms with Crippen molar-refractivity contribution >= 4 is 27.2 Å². The quantitative estimate of drug-likeness (QED) is 0.589. The second-order valence-electron chi connectivity index (χ2n) is 7.17. The van der Waals surface area contributed by atoms with Crippen molar-refractivity contribution < 1.29 is 8.42 Å². The topological polar surface area (TPSA) is 71.1 Å². The van der Waals surface area contributed by atoms with Crippen molar-refractivity contribution in [2.45, 2.75) is 38.5 Å². The molecule has 0 spiro atoms. The van der Waals surface area contributed by atoms with Crippen LogP contribution in [0.15, 0.2) is 65.7 Å². The van der Waals surface area contributed by atoms with E-state index in [0.717, 1.165) is 16.8 Å². The Kier molecular flexibility index (Phi) is 5.70. The molecule has 0 radical (unpaired) electrons. The van der Waals surface area contributed by atoms with Crippen molar-refractivity contribution in [1.82, 2.24) is 4.98 Å². The number of rotatable bonds is 6. The lowest BCUT2D eigenvalue weighted by molar-refractivity contribution is 0.601. The molecule has 3 aromatic rings. The molecule has 0 saturated heterocycles. The lowest BCUT2D eigenvalue weighted by Gasteiger charge is -2.17. The van der Waals surface area contributed by atoms with Gasteiger partial charge in [-0.05, 0) is 60.7 Å². The van der Waals surface area contributed by atoms with Gasteiger partial charge in [0.1, 0.15) is 5.82 Å². The van der Waals surface area contributed by atoms with Crippen molar-refractivity contribution in [1.29, 1.82) is 0 Å². The van der Waals surface area contributed by atoms with Gasteiger partial charge in [0.2, 0.25) is 0 Å². The molecule has 2 aromatic carbocycles. The van der Waals surface area contributed by atoms with Crippen LogP contribution >= 0.6 is 0 Å². The number of hydrogen-bond donors (Lipinski definition) is 2. The molecule has 1 aromatic heterocycles. The Morgan fingerprint density at radius 1 is 0.964 bits per heavy atom. The van der Waals surface area contributed by atoms with Crippen LogP contribution in [0.1, 0.15) is 36.5 Å². The van der Waals surface area contributed by atoms with Crippen molar-refractivity contribution in [2.75, 3.05) is 10.0 Å². The Bertz CT molecular complexity index is 1080. The third kappa shape index (κ3) is 4.51. The molecule has 0 aliphatic carbocycles. The van der Waals surface area contributed by atoms with Crippen LogP contribution in [-0.2, 0) is 10.0 Å². The number of sulfonamides is 1. The summed E-state index contributed by atoms with van der Waals surface area (Å²) in [5, 5.41) is 3.36. The minimum atomic E-state index is -3.64. The maximum atomic E-state index is 12.5. The van der Waals surface area contributed by atoms with Crippen LogP contribution in [0.3, 0.4) is 0 Å². The molecule has 6 heteroatoms. The number of para-hydroxylation sites is 1. The monoisotopic (exact) mass is 395 g/mol. The van der Waals surface area contributed by atoms with Gasteiger partial charge in [0, 0.05) is 5.69 Å². The first-order valence-electron chi connectivity index (χ1n) is 9.18. The Labute approximate surface area is 166 Å². The van der Waals surface area contributed by atoms with E-state index in [2.05, 4.69) is 47.9 Å². The highest BCUT2D eigenvalue weighted by Crippen LogP contribution is 2.30. The third-order valence-corrected chi connectivity index (χ3v) is 5.87. The molecule has 0 aliphatic rings. The highest BCUT2D eigenvalue weighted by atomic mass is 32.2. The minimum Gasteiger partial charge on any atom is -0.340 e. The third-order valence-electron chi connectivity index (χ3n) is 4.50. The molecule has 0 unspecified atom stereocenters. The number of anilines is 3. The predicted octanol–water partition coefficient (Wildman–Crippen LogP) is 5.37. The molecule has 0 aliphatic heterocycles. The summed E-state index contributed by atoms with van der Waals surface area (Å²) in [4.78, 5) is 4.61. The lowest BCUT2D eigenvalue weighted by atomic mass is 9.98. The Hall–Kier alpha value is -2.86. The van der Waals surface area contributed by atoms with Gasteiger partial charge in [0.25, 0.3) is 10.0 Å². The van der Waals surface area contributed by atoms with Gasteiger partial charge >= 0.3 is 0 Å². The summed E-state index contributed by atoms with van der Waals surface area (Å²) < 4.78 is 27.7. The first-order chi connectivity index (χ1) is 13.3. The lowest BCUT2D eigenvalue weighted by Crippen LogP contribution is -2.13. The van der Waals surface area contributed by atoms with E-state index in [1.807, 2.05) is 19.1 Å². The molecule has 0 saturated carbocycles. The molecule has 0 amide bonds. The van der Waals surface area contributed by atoms with Gasteiger partial charge in [-0.3, -0.25) is 4.72 Å². The van der Waals surface area contributed by atoms with Crippen molar-refractivity contribution in [3.63, 3.8) is 0 Å². The van der Waals surface area contributed by atoms with Gasteiger partial charge in [-0.1, -0.05) is 44.2 Å². The van der Waals surface area contributed by atoms with E-state index in [-0.39, 0.29) is 4.90 Å². The summed E-state index contributed by atoms with van der Waals surface area (Å²) in [6, 6.07) is 16.5. The molecule has 0 atom stereocenters. The zero-order valence-corrected chi connectivity index (χ0v) is 17.3. The molecule has 0 fully saturated rings. The van der Waals surface area contributed by atoms with Crippen LogP contribution in [0.5, 0.6) is 0 Å². The predicted molar refractivity (Wildman–Crippen MR) is 115 cm³/mol. The smallest absolute Gasteiger partial charge is 0.261 e. The summed E-state index contributed by atoms with van der Waals surface area (Å²) in [5.41, 5.74) is 4.70. The summed E-state index contributed by atoms with van der Waals surface area (Å²) in [7, 11) is -3.64. The minimum absolute atomic E-state index is 0.233. The van der Waals surface area contributed by atoms with Crippen molar-refractivity contribution in [2.24, 2.45) is 0 Å². The molecule has 28 heavy (non-hydrogen) atoms. The van der Waals surface area contributed by atoms with Crippen molar-refractivity contribution in [3.05, 3.63) is 77.5 Å². The van der Waals surface area contributed by atoms with E-state index in [0.29, 0.717) is 17.4 Å². The van der Waals surface area contributed by atoms with E-state index < -0.39 is 10.0 Å². The number of aryl methyl sites for hydroxylation is 2. The number of benzene rings is 2. The Morgan fingerprint density at radius 2 is 1.71 bits per heavy atom. The number of aromatic nitrogens is 1. The largest absolute Gasteiger partial charge is 0.340 e. The standard InChI is InChI=1S/C22H25N3O2S/c1-15(2)20-10-6-8-17(4)22(20)24-21-12-11-18(14-23-21)25-28(26,27)19-9-5-7-16(3)13-19/h5-15,25H,1-4H3,(H,23,24). The average Bonchev–Trinajstić information content (AvgIpc) is 2.64. The van der Waals surface area contributed by atoms with Crippen LogP contribution in [0.4, 0.5) is 17.2 Å². The number of nitrogens with one attached hydrogen (secondary N) is 2. The van der Waals surface area contributed by atoms with Gasteiger partial charge in [0.15, 0.2) is 0 Å². The summed E-state index contributed by atoms with van der Waals surface area (Å²) in [6.07, 6.45) is 1.52. The Balaban J connectivity index is 1.80. The van der Waals surface area contributed by atoms with E-state index in [9.17, 15) is 8.42 Å².